The summed E-state index contributed by atoms with van der Waals surface area (Å²) in [5.41, 5.74) is 0.515. The number of hydrogen-bond donors (Lipinski definition) is 1. The van der Waals surface area contributed by atoms with Crippen LogP contribution in [0.25, 0.3) is 0 Å². The number of hydrogen-bond acceptors (Lipinski definition) is 4. The number of carbonyl (C=O) groups is 1. The highest BCUT2D eigenvalue weighted by Gasteiger charge is 2.18. The molecule has 0 atom stereocenters. The Balaban J connectivity index is 2.24. The van der Waals surface area contributed by atoms with Crippen molar-refractivity contribution in [3.63, 3.8) is 0 Å². The monoisotopic (exact) mass is 274 g/mol. The van der Waals surface area contributed by atoms with Crippen LogP contribution in [0.3, 0.4) is 0 Å². The van der Waals surface area contributed by atoms with E-state index in [0.29, 0.717) is 22.9 Å². The molecule has 106 valence electrons. The molecule has 2 aromatic rings. The van der Waals surface area contributed by atoms with E-state index in [1.54, 1.807) is 31.3 Å². The molecular weight excluding hydrogens is 256 g/mol. The summed E-state index contributed by atoms with van der Waals surface area (Å²) in [4.78, 5) is 16.4. The number of nitrogens with one attached hydrogen (secondary N) is 1. The lowest BCUT2D eigenvalue weighted by atomic mass is 10.1. The molecule has 5 nitrogen and oxygen atoms in total. The maximum absolute atomic E-state index is 12.3. The predicted octanol–water partition coefficient (Wildman–Crippen LogP) is 3.37. The summed E-state index contributed by atoms with van der Waals surface area (Å²) in [6.07, 6.45) is 1.60. The van der Waals surface area contributed by atoms with E-state index >= 15 is 0 Å². The van der Waals surface area contributed by atoms with E-state index < -0.39 is 0 Å². The second-order valence-electron chi connectivity index (χ2n) is 4.78. The van der Waals surface area contributed by atoms with Crippen molar-refractivity contribution in [2.45, 2.75) is 26.7 Å². The molecule has 2 aromatic heterocycles. The van der Waals surface area contributed by atoms with Gasteiger partial charge >= 0.3 is 0 Å². The summed E-state index contributed by atoms with van der Waals surface area (Å²) < 4.78 is 10.7. The minimum Gasteiger partial charge on any atom is -0.493 e. The van der Waals surface area contributed by atoms with Crippen molar-refractivity contribution in [2.24, 2.45) is 0 Å². The number of pyridine rings is 1. The number of aryl methyl sites for hydroxylation is 1. The van der Waals surface area contributed by atoms with Crippen LogP contribution >= 0.6 is 0 Å². The zero-order chi connectivity index (χ0) is 14.7. The molecule has 0 fully saturated rings. The molecule has 0 aliphatic heterocycles. The van der Waals surface area contributed by atoms with Crippen molar-refractivity contribution < 1.29 is 13.9 Å². The minimum atomic E-state index is -0.254. The Labute approximate surface area is 118 Å². The molecule has 0 saturated carbocycles. The van der Waals surface area contributed by atoms with Gasteiger partial charge in [0.05, 0.1) is 12.7 Å². The molecular formula is C15H18N2O3. The Hall–Kier alpha value is -2.30. The van der Waals surface area contributed by atoms with Crippen LogP contribution in [0.5, 0.6) is 5.75 Å². The van der Waals surface area contributed by atoms with Gasteiger partial charge in [-0.1, -0.05) is 13.8 Å². The molecule has 2 rings (SSSR count). The van der Waals surface area contributed by atoms with Crippen molar-refractivity contribution in [3.05, 3.63) is 41.5 Å². The normalized spacial score (nSPS) is 10.7. The van der Waals surface area contributed by atoms with E-state index in [1.165, 1.54) is 7.11 Å². The average Bonchev–Trinajstić information content (AvgIpc) is 2.82. The maximum Gasteiger partial charge on any atom is 0.260 e. The minimum absolute atomic E-state index is 0.236. The van der Waals surface area contributed by atoms with E-state index in [0.717, 1.165) is 5.76 Å². The first kappa shape index (κ1) is 14.1. The van der Waals surface area contributed by atoms with Gasteiger partial charge in [0.2, 0.25) is 0 Å². The summed E-state index contributed by atoms with van der Waals surface area (Å²) in [6, 6.07) is 5.25. The Morgan fingerprint density at radius 2 is 2.20 bits per heavy atom. The first-order valence-electron chi connectivity index (χ1n) is 6.43. The summed E-state index contributed by atoms with van der Waals surface area (Å²) in [5.74, 6) is 2.29. The van der Waals surface area contributed by atoms with Crippen LogP contribution in [0.15, 0.2) is 28.8 Å². The van der Waals surface area contributed by atoms with Gasteiger partial charge in [-0.3, -0.25) is 4.79 Å². The van der Waals surface area contributed by atoms with Crippen molar-refractivity contribution in [2.75, 3.05) is 12.4 Å². The van der Waals surface area contributed by atoms with Crippen molar-refractivity contribution in [1.29, 1.82) is 0 Å². The summed E-state index contributed by atoms with van der Waals surface area (Å²) in [6.45, 7) is 5.81. The molecule has 1 N–H and O–H groups in total. The van der Waals surface area contributed by atoms with Gasteiger partial charge < -0.3 is 14.5 Å². The highest BCUT2D eigenvalue weighted by Crippen LogP contribution is 2.24. The van der Waals surface area contributed by atoms with Gasteiger partial charge in [-0.15, -0.1) is 0 Å². The van der Waals surface area contributed by atoms with E-state index in [9.17, 15) is 4.79 Å². The van der Waals surface area contributed by atoms with Gasteiger partial charge in [0, 0.05) is 12.1 Å². The zero-order valence-corrected chi connectivity index (χ0v) is 12.1. The Kier molecular flexibility index (Phi) is 4.08. The average molecular weight is 274 g/mol. The second kappa shape index (κ2) is 5.77. The molecule has 0 bridgehead atoms. The largest absolute Gasteiger partial charge is 0.493 e. The summed E-state index contributed by atoms with van der Waals surface area (Å²) >= 11 is 0. The third kappa shape index (κ3) is 2.82. The number of ether oxygens (including phenoxy) is 1. The fraction of sp³-hybridized carbons (Fsp3) is 0.333. The number of amides is 1. The van der Waals surface area contributed by atoms with E-state index in [1.807, 2.05) is 13.8 Å². The lowest BCUT2D eigenvalue weighted by molar-refractivity contribution is 0.102. The van der Waals surface area contributed by atoms with Crippen molar-refractivity contribution in [1.82, 2.24) is 4.98 Å². The van der Waals surface area contributed by atoms with Crippen LogP contribution in [0.4, 0.5) is 5.82 Å². The Bertz CT molecular complexity index is 617. The topological polar surface area (TPSA) is 64.4 Å². The van der Waals surface area contributed by atoms with Crippen LogP contribution < -0.4 is 10.1 Å². The SMILES string of the molecule is COc1cccnc1NC(=O)c1cc(C(C)C)oc1C. The van der Waals surface area contributed by atoms with Gasteiger partial charge in [0.15, 0.2) is 11.6 Å². The lowest BCUT2D eigenvalue weighted by Gasteiger charge is -2.07. The molecule has 1 amide bonds. The molecule has 0 spiro atoms. The standard InChI is InChI=1S/C15H18N2O3/c1-9(2)13-8-11(10(3)20-13)15(18)17-14-12(19-4)6-5-7-16-14/h5-9H,1-4H3,(H,16,17,18). The summed E-state index contributed by atoms with van der Waals surface area (Å²) in [5, 5.41) is 2.74. The molecule has 2 heterocycles. The molecule has 0 saturated heterocycles. The van der Waals surface area contributed by atoms with Gasteiger partial charge in [-0.05, 0) is 25.1 Å². The van der Waals surface area contributed by atoms with Crippen LogP contribution in [-0.4, -0.2) is 18.0 Å². The van der Waals surface area contributed by atoms with Gasteiger partial charge in [0.1, 0.15) is 11.5 Å². The first-order chi connectivity index (χ1) is 9.52. The van der Waals surface area contributed by atoms with Gasteiger partial charge in [0.25, 0.3) is 5.91 Å². The fourth-order valence-corrected chi connectivity index (χ4v) is 1.84. The molecule has 0 aromatic carbocycles. The number of nitrogens with zero attached hydrogens (tertiary/aromatic N) is 1. The van der Waals surface area contributed by atoms with E-state index in [4.69, 9.17) is 9.15 Å². The quantitative estimate of drug-likeness (QED) is 0.928. The molecule has 5 heteroatoms. The molecule has 0 radical (unpaired) electrons. The van der Waals surface area contributed by atoms with E-state index in [-0.39, 0.29) is 11.8 Å². The highest BCUT2D eigenvalue weighted by molar-refractivity contribution is 6.05. The van der Waals surface area contributed by atoms with Crippen LogP contribution in [0.2, 0.25) is 0 Å². The predicted molar refractivity (Wildman–Crippen MR) is 76.3 cm³/mol. The van der Waals surface area contributed by atoms with Crippen LogP contribution in [0.1, 0.15) is 41.6 Å². The number of anilines is 1. The van der Waals surface area contributed by atoms with Crippen LogP contribution in [-0.2, 0) is 0 Å². The second-order valence-corrected chi connectivity index (χ2v) is 4.78. The number of carbonyl (C=O) groups excluding carboxylic acids is 1. The third-order valence-corrected chi connectivity index (χ3v) is 2.97. The van der Waals surface area contributed by atoms with Gasteiger partial charge in [-0.2, -0.15) is 0 Å². The van der Waals surface area contributed by atoms with Crippen molar-refractivity contribution in [3.8, 4) is 5.75 Å². The summed E-state index contributed by atoms with van der Waals surface area (Å²) in [7, 11) is 1.53. The molecule has 0 unspecified atom stereocenters. The molecule has 0 aliphatic carbocycles. The molecule has 20 heavy (non-hydrogen) atoms. The number of furan rings is 1. The first-order valence-corrected chi connectivity index (χ1v) is 6.43. The van der Waals surface area contributed by atoms with Gasteiger partial charge in [-0.25, -0.2) is 4.98 Å². The number of methoxy groups -OCH3 is 1. The van der Waals surface area contributed by atoms with Crippen molar-refractivity contribution >= 4 is 11.7 Å². The zero-order valence-electron chi connectivity index (χ0n) is 12.1. The fourth-order valence-electron chi connectivity index (χ4n) is 1.84. The van der Waals surface area contributed by atoms with E-state index in [2.05, 4.69) is 10.3 Å². The number of rotatable bonds is 4. The third-order valence-electron chi connectivity index (χ3n) is 2.97. The smallest absolute Gasteiger partial charge is 0.260 e. The molecule has 0 aliphatic rings. The number of aromatic nitrogens is 1. The Morgan fingerprint density at radius 3 is 2.80 bits per heavy atom. The maximum atomic E-state index is 12.3. The lowest BCUT2D eigenvalue weighted by Crippen LogP contribution is -2.14. The van der Waals surface area contributed by atoms with Crippen LogP contribution in [0, 0.1) is 6.92 Å². The highest BCUT2D eigenvalue weighted by atomic mass is 16.5. The Morgan fingerprint density at radius 1 is 1.45 bits per heavy atom.